The molecule has 2 nitrogen and oxygen atoms in total. The average molecular weight is 222 g/mol. The topological polar surface area (TPSA) is 34.1 Å². The standard InChI is InChI=1S/C11H19O2.K/c1-10(2,3)8(12)7-9(13)11(4,5)6;/h7H,1-6H3;/q-1;+1. The van der Waals surface area contributed by atoms with Crippen molar-refractivity contribution < 1.29 is 61.0 Å². The summed E-state index contributed by atoms with van der Waals surface area (Å²) in [6.07, 6.45) is 1.22. The number of hydrogen-bond donors (Lipinski definition) is 0. The van der Waals surface area contributed by atoms with Crippen LogP contribution in [0.3, 0.4) is 0 Å². The summed E-state index contributed by atoms with van der Waals surface area (Å²) in [5, 5.41) is 0. The van der Waals surface area contributed by atoms with Crippen molar-refractivity contribution in [1.29, 1.82) is 0 Å². The molecule has 0 aliphatic heterocycles. The second-order valence-electron chi connectivity index (χ2n) is 5.37. The molecule has 0 unspecified atom stereocenters. The zero-order valence-corrected chi connectivity index (χ0v) is 13.5. The van der Waals surface area contributed by atoms with Gasteiger partial charge in [-0.3, -0.25) is 6.42 Å². The normalized spacial score (nSPS) is 11.6. The Labute approximate surface area is 130 Å². The van der Waals surface area contributed by atoms with Crippen LogP contribution in [0.25, 0.3) is 0 Å². The fourth-order valence-corrected chi connectivity index (χ4v) is 0.552. The molecule has 3 heteroatoms. The molecule has 0 bridgehead atoms. The molecule has 0 aliphatic carbocycles. The van der Waals surface area contributed by atoms with Gasteiger partial charge in [0.1, 0.15) is 0 Å². The molecule has 0 atom stereocenters. The third-order valence-electron chi connectivity index (χ3n) is 1.74. The summed E-state index contributed by atoms with van der Waals surface area (Å²) in [6, 6.07) is 0. The van der Waals surface area contributed by atoms with E-state index in [9.17, 15) is 9.59 Å². The van der Waals surface area contributed by atoms with Crippen molar-refractivity contribution >= 4 is 11.6 Å². The molecule has 0 saturated carbocycles. The molecule has 0 radical (unpaired) electrons. The van der Waals surface area contributed by atoms with Crippen molar-refractivity contribution in [2.75, 3.05) is 0 Å². The van der Waals surface area contributed by atoms with Gasteiger partial charge in [-0.1, -0.05) is 41.5 Å². The maximum absolute atomic E-state index is 11.4. The van der Waals surface area contributed by atoms with Gasteiger partial charge in [-0.15, -0.1) is 0 Å². The summed E-state index contributed by atoms with van der Waals surface area (Å²) in [4.78, 5) is 22.9. The summed E-state index contributed by atoms with van der Waals surface area (Å²) in [5.41, 5.74) is -0.915. The third-order valence-corrected chi connectivity index (χ3v) is 1.74. The zero-order chi connectivity index (χ0) is 10.9. The molecule has 14 heavy (non-hydrogen) atoms. The summed E-state index contributed by atoms with van der Waals surface area (Å²) < 4.78 is 0. The van der Waals surface area contributed by atoms with Gasteiger partial charge in [0.2, 0.25) is 0 Å². The van der Waals surface area contributed by atoms with Crippen LogP contribution in [0.15, 0.2) is 0 Å². The molecule has 0 fully saturated rings. The van der Waals surface area contributed by atoms with E-state index in [1.807, 2.05) is 41.5 Å². The van der Waals surface area contributed by atoms with Gasteiger partial charge in [-0.25, -0.2) is 0 Å². The third kappa shape index (κ3) is 6.35. The molecule has 76 valence electrons. The molecule has 0 aromatic carbocycles. The Bertz CT molecular complexity index is 194. The molecule has 0 aromatic heterocycles. The predicted molar refractivity (Wildman–Crippen MR) is 53.2 cm³/mol. The molecule has 0 aliphatic rings. The van der Waals surface area contributed by atoms with Crippen molar-refractivity contribution in [3.05, 3.63) is 6.42 Å². The van der Waals surface area contributed by atoms with E-state index in [2.05, 4.69) is 0 Å². The number of ketones is 2. The Hall–Kier alpha value is 0.846. The average Bonchev–Trinajstić information content (AvgIpc) is 1.82. The Kier molecular flexibility index (Phi) is 7.15. The monoisotopic (exact) mass is 222 g/mol. The first-order valence-electron chi connectivity index (χ1n) is 4.49. The second kappa shape index (κ2) is 5.80. The number of carbonyl (C=O) groups is 2. The van der Waals surface area contributed by atoms with Gasteiger partial charge in [0.05, 0.1) is 0 Å². The maximum atomic E-state index is 11.4. The fraction of sp³-hybridized carbons (Fsp3) is 0.727. The molecule has 0 saturated heterocycles. The van der Waals surface area contributed by atoms with E-state index in [0.29, 0.717) is 0 Å². The Morgan fingerprint density at radius 2 is 1.00 bits per heavy atom. The van der Waals surface area contributed by atoms with Crippen LogP contribution in [-0.4, -0.2) is 11.6 Å². The molecule has 0 heterocycles. The summed E-state index contributed by atoms with van der Waals surface area (Å²) >= 11 is 0. The number of Topliss-reactive ketones (excluding diaryl/α,β-unsaturated/α-hetero) is 2. The summed E-state index contributed by atoms with van der Waals surface area (Å²) in [5.74, 6) is -0.208. The number of hydrogen-bond acceptors (Lipinski definition) is 2. The summed E-state index contributed by atoms with van der Waals surface area (Å²) in [6.45, 7) is 10.8. The quantitative estimate of drug-likeness (QED) is 0.356. The van der Waals surface area contributed by atoms with Crippen LogP contribution in [0.2, 0.25) is 0 Å². The Morgan fingerprint density at radius 3 is 1.14 bits per heavy atom. The first kappa shape index (κ1) is 17.2. The minimum Gasteiger partial charge on any atom is -0.333 e. The minimum absolute atomic E-state index is 0. The van der Waals surface area contributed by atoms with E-state index < -0.39 is 10.8 Å². The minimum atomic E-state index is -0.457. The van der Waals surface area contributed by atoms with Gasteiger partial charge in [-0.05, 0) is 10.8 Å². The van der Waals surface area contributed by atoms with E-state index in [0.717, 1.165) is 0 Å². The van der Waals surface area contributed by atoms with E-state index in [1.165, 1.54) is 6.42 Å². The molecular formula is C11H19KO2. The van der Waals surface area contributed by atoms with Gasteiger partial charge in [0.25, 0.3) is 0 Å². The van der Waals surface area contributed by atoms with Gasteiger partial charge < -0.3 is 9.59 Å². The largest absolute Gasteiger partial charge is 1.00 e. The predicted octanol–water partition coefficient (Wildman–Crippen LogP) is -0.575. The first-order chi connectivity index (χ1) is 5.55. The van der Waals surface area contributed by atoms with Crippen molar-refractivity contribution in [1.82, 2.24) is 0 Å². The van der Waals surface area contributed by atoms with Gasteiger partial charge in [0, 0.05) is 11.6 Å². The van der Waals surface area contributed by atoms with Crippen LogP contribution in [0.1, 0.15) is 41.5 Å². The van der Waals surface area contributed by atoms with E-state index in [1.54, 1.807) is 0 Å². The molecular weight excluding hydrogens is 203 g/mol. The van der Waals surface area contributed by atoms with Crippen LogP contribution < -0.4 is 51.4 Å². The summed E-state index contributed by atoms with van der Waals surface area (Å²) in [7, 11) is 0. The molecule has 0 aromatic rings. The fourth-order valence-electron chi connectivity index (χ4n) is 0.552. The van der Waals surface area contributed by atoms with Crippen LogP contribution >= 0.6 is 0 Å². The van der Waals surface area contributed by atoms with Crippen LogP contribution in [-0.2, 0) is 9.59 Å². The van der Waals surface area contributed by atoms with E-state index >= 15 is 0 Å². The first-order valence-corrected chi connectivity index (χ1v) is 4.49. The van der Waals surface area contributed by atoms with Crippen molar-refractivity contribution in [2.24, 2.45) is 10.8 Å². The van der Waals surface area contributed by atoms with Gasteiger partial charge >= 0.3 is 51.4 Å². The van der Waals surface area contributed by atoms with E-state index in [-0.39, 0.29) is 63.0 Å². The van der Waals surface area contributed by atoms with Crippen LogP contribution in [0.5, 0.6) is 0 Å². The van der Waals surface area contributed by atoms with Gasteiger partial charge in [0.15, 0.2) is 0 Å². The Morgan fingerprint density at radius 1 is 0.786 bits per heavy atom. The molecule has 0 spiro atoms. The Balaban J connectivity index is 0. The molecule has 0 rings (SSSR count). The van der Waals surface area contributed by atoms with Crippen molar-refractivity contribution in [3.63, 3.8) is 0 Å². The zero-order valence-electron chi connectivity index (χ0n) is 10.4. The van der Waals surface area contributed by atoms with Crippen LogP contribution in [0, 0.1) is 17.3 Å². The maximum Gasteiger partial charge on any atom is 1.00 e. The van der Waals surface area contributed by atoms with Crippen LogP contribution in [0.4, 0.5) is 0 Å². The van der Waals surface area contributed by atoms with Crippen molar-refractivity contribution in [2.45, 2.75) is 41.5 Å². The molecule has 0 N–H and O–H groups in total. The molecule has 0 amide bonds. The second-order valence-corrected chi connectivity index (χ2v) is 5.37. The van der Waals surface area contributed by atoms with E-state index in [4.69, 9.17) is 0 Å². The smallest absolute Gasteiger partial charge is 0.333 e. The number of rotatable bonds is 2. The number of carbonyl (C=O) groups excluding carboxylic acids is 2. The van der Waals surface area contributed by atoms with Gasteiger partial charge in [-0.2, -0.15) is 0 Å². The van der Waals surface area contributed by atoms with Crippen molar-refractivity contribution in [3.8, 4) is 0 Å². The SMILES string of the molecule is CC(C)(C)C(=O)[CH-]C(=O)C(C)(C)C.[K+].